The van der Waals surface area contributed by atoms with Crippen LogP contribution in [-0.4, -0.2) is 28.9 Å². The smallest absolute Gasteiger partial charge is 0.219 e. The summed E-state index contributed by atoms with van der Waals surface area (Å²) in [5, 5.41) is 9.31. The van der Waals surface area contributed by atoms with Gasteiger partial charge in [-0.1, -0.05) is 0 Å². The molecule has 0 bridgehead atoms. The van der Waals surface area contributed by atoms with Crippen LogP contribution in [0.1, 0.15) is 13.8 Å². The van der Waals surface area contributed by atoms with Gasteiger partial charge in [0.15, 0.2) is 11.9 Å². The van der Waals surface area contributed by atoms with E-state index in [1.54, 1.807) is 38.1 Å². The summed E-state index contributed by atoms with van der Waals surface area (Å²) in [7, 11) is 0. The van der Waals surface area contributed by atoms with Gasteiger partial charge in [-0.2, -0.15) is 17.0 Å². The molecule has 1 heterocycles. The Morgan fingerprint density at radius 3 is 2.50 bits per heavy atom. The molecule has 0 amide bonds. The SMILES string of the molecule is CSCC(C)(C#N)C(=O)C(C)Oc1ccc(Oc2ccc(F)cn2)cc1. The zero-order valence-electron chi connectivity index (χ0n) is 14.7. The van der Waals surface area contributed by atoms with Gasteiger partial charge in [-0.25, -0.2) is 9.37 Å². The van der Waals surface area contributed by atoms with Crippen molar-refractivity contribution in [3.8, 4) is 23.4 Å². The van der Waals surface area contributed by atoms with Gasteiger partial charge in [-0.05, 0) is 50.4 Å². The van der Waals surface area contributed by atoms with Gasteiger partial charge in [0.1, 0.15) is 22.7 Å². The molecule has 0 fully saturated rings. The highest BCUT2D eigenvalue weighted by molar-refractivity contribution is 7.98. The minimum atomic E-state index is -1.09. The molecule has 1 aromatic carbocycles. The number of thioether (sulfide) groups is 1. The topological polar surface area (TPSA) is 72.2 Å². The largest absolute Gasteiger partial charge is 0.483 e. The van der Waals surface area contributed by atoms with E-state index >= 15 is 0 Å². The fourth-order valence-electron chi connectivity index (χ4n) is 2.28. The lowest BCUT2D eigenvalue weighted by atomic mass is 9.87. The zero-order valence-corrected chi connectivity index (χ0v) is 15.5. The van der Waals surface area contributed by atoms with Gasteiger partial charge in [0.25, 0.3) is 0 Å². The molecule has 136 valence electrons. The molecule has 5 nitrogen and oxygen atoms in total. The maximum Gasteiger partial charge on any atom is 0.219 e. The van der Waals surface area contributed by atoms with Crippen LogP contribution in [0.15, 0.2) is 42.6 Å². The highest BCUT2D eigenvalue weighted by atomic mass is 32.2. The molecule has 2 aromatic rings. The van der Waals surface area contributed by atoms with Crippen LogP contribution in [0.4, 0.5) is 4.39 Å². The van der Waals surface area contributed by atoms with Crippen molar-refractivity contribution >= 4 is 17.5 Å². The highest BCUT2D eigenvalue weighted by Gasteiger charge is 2.37. The third-order valence-electron chi connectivity index (χ3n) is 3.65. The Bertz CT molecular complexity index is 790. The van der Waals surface area contributed by atoms with Crippen LogP contribution in [-0.2, 0) is 4.79 Å². The van der Waals surface area contributed by atoms with E-state index in [4.69, 9.17) is 9.47 Å². The quantitative estimate of drug-likeness (QED) is 0.688. The number of halogens is 1. The Kier molecular flexibility index (Phi) is 6.58. The fourth-order valence-corrected chi connectivity index (χ4v) is 3.07. The lowest BCUT2D eigenvalue weighted by Gasteiger charge is -2.23. The molecule has 0 N–H and O–H groups in total. The molecule has 0 radical (unpaired) electrons. The van der Waals surface area contributed by atoms with Crippen LogP contribution in [0.2, 0.25) is 0 Å². The first-order valence-corrected chi connectivity index (χ1v) is 9.28. The molecule has 2 unspecified atom stereocenters. The average molecular weight is 374 g/mol. The fraction of sp³-hybridized carbons (Fsp3) is 0.316. The van der Waals surface area contributed by atoms with E-state index in [2.05, 4.69) is 11.1 Å². The second-order valence-corrected chi connectivity index (χ2v) is 6.76. The lowest BCUT2D eigenvalue weighted by Crippen LogP contribution is -2.39. The Labute approximate surface area is 156 Å². The second kappa shape index (κ2) is 8.68. The first kappa shape index (κ1) is 19.7. The summed E-state index contributed by atoms with van der Waals surface area (Å²) < 4.78 is 24.0. The van der Waals surface area contributed by atoms with Gasteiger partial charge in [-0.3, -0.25) is 4.79 Å². The second-order valence-electron chi connectivity index (χ2n) is 5.89. The Hall–Kier alpha value is -2.59. The van der Waals surface area contributed by atoms with Gasteiger partial charge >= 0.3 is 0 Å². The number of nitrogens with zero attached hydrogens (tertiary/aromatic N) is 2. The summed E-state index contributed by atoms with van der Waals surface area (Å²) in [5.41, 5.74) is -1.09. The number of aromatic nitrogens is 1. The number of carbonyl (C=O) groups excluding carboxylic acids is 1. The van der Waals surface area contributed by atoms with Crippen LogP contribution in [0.5, 0.6) is 17.4 Å². The first-order chi connectivity index (χ1) is 12.4. The van der Waals surface area contributed by atoms with Crippen molar-refractivity contribution in [2.45, 2.75) is 20.0 Å². The predicted octanol–water partition coefficient (Wildman–Crippen LogP) is 4.24. The molecule has 1 aromatic heterocycles. The number of benzene rings is 1. The molecule has 0 aliphatic carbocycles. The Morgan fingerprint density at radius 2 is 1.96 bits per heavy atom. The molecule has 2 atom stereocenters. The zero-order chi connectivity index (χ0) is 19.2. The number of ketones is 1. The molecule has 0 aliphatic rings. The molecule has 0 aliphatic heterocycles. The third kappa shape index (κ3) is 4.96. The summed E-state index contributed by atoms with van der Waals surface area (Å²) >= 11 is 1.44. The number of rotatable bonds is 8. The van der Waals surface area contributed by atoms with E-state index in [1.165, 1.54) is 23.9 Å². The molecular formula is C19H19FN2O3S. The van der Waals surface area contributed by atoms with E-state index < -0.39 is 17.3 Å². The molecule has 26 heavy (non-hydrogen) atoms. The molecule has 7 heteroatoms. The van der Waals surface area contributed by atoms with Gasteiger partial charge in [0, 0.05) is 11.8 Å². The average Bonchev–Trinajstić information content (AvgIpc) is 2.64. The lowest BCUT2D eigenvalue weighted by molar-refractivity contribution is -0.130. The summed E-state index contributed by atoms with van der Waals surface area (Å²) in [6, 6.07) is 11.4. The normalized spacial score (nSPS) is 14.0. The number of ether oxygens (including phenoxy) is 2. The molecule has 0 saturated carbocycles. The maximum absolute atomic E-state index is 12.8. The molecule has 0 saturated heterocycles. The number of nitriles is 1. The van der Waals surface area contributed by atoms with E-state index in [1.807, 2.05) is 6.26 Å². The summed E-state index contributed by atoms with van der Waals surface area (Å²) in [6.07, 6.45) is 2.17. The van der Waals surface area contributed by atoms with Crippen LogP contribution >= 0.6 is 11.8 Å². The van der Waals surface area contributed by atoms with Crippen molar-refractivity contribution in [3.05, 3.63) is 48.4 Å². The third-order valence-corrected chi connectivity index (χ3v) is 4.52. The Balaban J connectivity index is 2.01. The van der Waals surface area contributed by atoms with Gasteiger partial charge < -0.3 is 9.47 Å². The van der Waals surface area contributed by atoms with Crippen molar-refractivity contribution < 1.29 is 18.7 Å². The van der Waals surface area contributed by atoms with Crippen LogP contribution in [0.25, 0.3) is 0 Å². The Morgan fingerprint density at radius 1 is 1.31 bits per heavy atom. The van der Waals surface area contributed by atoms with Crippen LogP contribution in [0, 0.1) is 22.6 Å². The van der Waals surface area contributed by atoms with Crippen LogP contribution in [0.3, 0.4) is 0 Å². The van der Waals surface area contributed by atoms with Crippen molar-refractivity contribution in [1.29, 1.82) is 5.26 Å². The van der Waals surface area contributed by atoms with E-state index in [-0.39, 0.29) is 11.7 Å². The standard InChI is InChI=1S/C19H19FN2O3S/c1-13(18(23)19(2,11-21)12-26-3)24-15-5-7-16(8-6-15)25-17-9-4-14(20)10-22-17/h4-10,13H,12H2,1-3H3. The number of carbonyl (C=O) groups is 1. The summed E-state index contributed by atoms with van der Waals surface area (Å²) in [5.74, 6) is 0.962. The monoisotopic (exact) mass is 374 g/mol. The number of hydrogen-bond acceptors (Lipinski definition) is 6. The maximum atomic E-state index is 12.8. The molecule has 0 spiro atoms. The number of pyridine rings is 1. The number of Topliss-reactive ketones (excluding diaryl/α,β-unsaturated/α-hetero) is 1. The van der Waals surface area contributed by atoms with Crippen molar-refractivity contribution in [3.63, 3.8) is 0 Å². The van der Waals surface area contributed by atoms with E-state index in [9.17, 15) is 14.4 Å². The minimum Gasteiger partial charge on any atom is -0.483 e. The number of hydrogen-bond donors (Lipinski definition) is 0. The van der Waals surface area contributed by atoms with Crippen molar-refractivity contribution in [1.82, 2.24) is 4.98 Å². The molecular weight excluding hydrogens is 355 g/mol. The van der Waals surface area contributed by atoms with E-state index in [0.717, 1.165) is 6.20 Å². The summed E-state index contributed by atoms with van der Waals surface area (Å²) in [6.45, 7) is 3.25. The first-order valence-electron chi connectivity index (χ1n) is 7.88. The molecule has 2 rings (SSSR count). The van der Waals surface area contributed by atoms with Gasteiger partial charge in [-0.15, -0.1) is 0 Å². The van der Waals surface area contributed by atoms with Gasteiger partial charge in [0.2, 0.25) is 5.88 Å². The van der Waals surface area contributed by atoms with Crippen LogP contribution < -0.4 is 9.47 Å². The summed E-state index contributed by atoms with van der Waals surface area (Å²) in [4.78, 5) is 16.3. The van der Waals surface area contributed by atoms with Crippen molar-refractivity contribution in [2.24, 2.45) is 5.41 Å². The minimum absolute atomic E-state index is 0.259. The van der Waals surface area contributed by atoms with Crippen molar-refractivity contribution in [2.75, 3.05) is 12.0 Å². The van der Waals surface area contributed by atoms with E-state index in [0.29, 0.717) is 17.3 Å². The van der Waals surface area contributed by atoms with Gasteiger partial charge in [0.05, 0.1) is 12.3 Å². The highest BCUT2D eigenvalue weighted by Crippen LogP contribution is 2.27. The predicted molar refractivity (Wildman–Crippen MR) is 97.9 cm³/mol.